The molecule has 1 aromatic carbocycles. The van der Waals surface area contributed by atoms with Crippen molar-refractivity contribution >= 4 is 9.84 Å². The van der Waals surface area contributed by atoms with Gasteiger partial charge in [-0.2, -0.15) is 0 Å². The number of benzene rings is 1. The van der Waals surface area contributed by atoms with E-state index in [9.17, 15) is 8.42 Å². The third-order valence-corrected chi connectivity index (χ3v) is 3.95. The lowest BCUT2D eigenvalue weighted by Crippen LogP contribution is -2.09. The predicted octanol–water partition coefficient (Wildman–Crippen LogP) is 1.15. The topological polar surface area (TPSA) is 54.4 Å². The van der Waals surface area contributed by atoms with E-state index in [1.165, 1.54) is 0 Å². The predicted molar refractivity (Wildman–Crippen MR) is 54.9 cm³/mol. The highest BCUT2D eigenvalue weighted by Crippen LogP contribution is 2.16. The molecule has 0 amide bonds. The number of sulfone groups is 1. The van der Waals surface area contributed by atoms with Crippen LogP contribution in [0.4, 0.5) is 0 Å². The first-order valence-electron chi connectivity index (χ1n) is 4.47. The van der Waals surface area contributed by atoms with Crippen molar-refractivity contribution in [3.05, 3.63) is 29.8 Å². The molecular formula is C10H14O3S. The molecule has 1 rings (SSSR count). The molecule has 0 fully saturated rings. The normalized spacial score (nSPS) is 11.6. The highest BCUT2D eigenvalue weighted by molar-refractivity contribution is 7.91. The molecule has 0 aliphatic rings. The van der Waals surface area contributed by atoms with E-state index in [1.807, 2.05) is 0 Å². The lowest BCUT2D eigenvalue weighted by atomic mass is 10.2. The second-order valence-electron chi connectivity index (χ2n) is 3.16. The van der Waals surface area contributed by atoms with Crippen LogP contribution < -0.4 is 0 Å². The van der Waals surface area contributed by atoms with Crippen LogP contribution in [0.5, 0.6) is 0 Å². The Bertz CT molecular complexity index is 396. The lowest BCUT2D eigenvalue weighted by molar-refractivity contribution is 0.295. The molecule has 0 aliphatic heterocycles. The molecule has 78 valence electrons. The van der Waals surface area contributed by atoms with Gasteiger partial charge in [-0.3, -0.25) is 0 Å². The van der Waals surface area contributed by atoms with Crippen molar-refractivity contribution in [1.82, 2.24) is 0 Å². The van der Waals surface area contributed by atoms with Crippen LogP contribution in [0.15, 0.2) is 29.2 Å². The molecule has 0 radical (unpaired) electrons. The van der Waals surface area contributed by atoms with Crippen molar-refractivity contribution in [1.29, 1.82) is 0 Å². The second kappa shape index (κ2) is 4.57. The van der Waals surface area contributed by atoms with E-state index >= 15 is 0 Å². The Hall–Kier alpha value is -0.870. The first-order valence-corrected chi connectivity index (χ1v) is 6.12. The fourth-order valence-corrected chi connectivity index (χ4v) is 2.84. The van der Waals surface area contributed by atoms with Crippen LogP contribution in [0.3, 0.4) is 0 Å². The lowest BCUT2D eigenvalue weighted by Gasteiger charge is -2.05. The summed E-state index contributed by atoms with van der Waals surface area (Å²) >= 11 is 0. The molecule has 0 aromatic heterocycles. The number of hydrogen-bond donors (Lipinski definition) is 1. The van der Waals surface area contributed by atoms with Crippen molar-refractivity contribution in [2.45, 2.75) is 18.2 Å². The van der Waals surface area contributed by atoms with Crippen molar-refractivity contribution < 1.29 is 13.5 Å². The Morgan fingerprint density at radius 3 is 2.50 bits per heavy atom. The molecule has 0 unspecified atom stereocenters. The van der Waals surface area contributed by atoms with E-state index in [0.717, 1.165) is 5.56 Å². The van der Waals surface area contributed by atoms with Gasteiger partial charge < -0.3 is 5.11 Å². The van der Waals surface area contributed by atoms with Crippen molar-refractivity contribution in [3.8, 4) is 0 Å². The summed E-state index contributed by atoms with van der Waals surface area (Å²) in [5, 5.41) is 8.58. The molecule has 1 aromatic rings. The minimum absolute atomic E-state index is 0.00829. The highest BCUT2D eigenvalue weighted by Gasteiger charge is 2.15. The van der Waals surface area contributed by atoms with Crippen LogP contribution >= 0.6 is 0 Å². The minimum Gasteiger partial charge on any atom is -0.396 e. The molecule has 0 bridgehead atoms. The molecule has 14 heavy (non-hydrogen) atoms. The largest absolute Gasteiger partial charge is 0.396 e. The summed E-state index contributed by atoms with van der Waals surface area (Å²) in [6.45, 7) is 1.68. The highest BCUT2D eigenvalue weighted by atomic mass is 32.2. The fourth-order valence-electron chi connectivity index (χ4n) is 1.27. The second-order valence-corrected chi connectivity index (χ2v) is 5.24. The van der Waals surface area contributed by atoms with Crippen molar-refractivity contribution in [3.63, 3.8) is 0 Å². The summed E-state index contributed by atoms with van der Waals surface area (Å²) in [4.78, 5) is 0.369. The summed E-state index contributed by atoms with van der Waals surface area (Å²) in [5.74, 6) is 0.00829. The van der Waals surface area contributed by atoms with Crippen LogP contribution in [-0.4, -0.2) is 25.9 Å². The molecule has 3 nitrogen and oxygen atoms in total. The van der Waals surface area contributed by atoms with Crippen molar-refractivity contribution in [2.24, 2.45) is 0 Å². The standard InChI is InChI=1S/C10H14O3S/c1-9-5-2-3-6-10(9)14(12,13)8-4-7-11/h2-3,5-6,11H,4,7-8H2,1H3. The van der Waals surface area contributed by atoms with E-state index < -0.39 is 9.84 Å². The van der Waals surface area contributed by atoms with Gasteiger partial charge in [0.1, 0.15) is 0 Å². The molecule has 0 spiro atoms. The van der Waals surface area contributed by atoms with Gasteiger partial charge in [-0.25, -0.2) is 8.42 Å². The third kappa shape index (κ3) is 2.56. The molecule has 1 N–H and O–H groups in total. The fraction of sp³-hybridized carbons (Fsp3) is 0.400. The van der Waals surface area contributed by atoms with E-state index in [4.69, 9.17) is 5.11 Å². The molecule has 0 atom stereocenters. The average molecular weight is 214 g/mol. The van der Waals surface area contributed by atoms with Crippen molar-refractivity contribution in [2.75, 3.05) is 12.4 Å². The maximum absolute atomic E-state index is 11.7. The van der Waals surface area contributed by atoms with Gasteiger partial charge in [0.25, 0.3) is 0 Å². The Morgan fingerprint density at radius 2 is 1.93 bits per heavy atom. The number of aliphatic hydroxyl groups excluding tert-OH is 1. The van der Waals surface area contributed by atoms with Gasteiger partial charge in [-0.1, -0.05) is 18.2 Å². The average Bonchev–Trinajstić information content (AvgIpc) is 2.15. The zero-order valence-corrected chi connectivity index (χ0v) is 8.92. The van der Waals surface area contributed by atoms with E-state index in [1.54, 1.807) is 31.2 Å². The molecule has 0 saturated carbocycles. The van der Waals surface area contributed by atoms with E-state index in [-0.39, 0.29) is 18.8 Å². The molecule has 0 saturated heterocycles. The van der Waals surface area contributed by atoms with Gasteiger partial charge >= 0.3 is 0 Å². The van der Waals surface area contributed by atoms with Gasteiger partial charge in [0.15, 0.2) is 9.84 Å². The summed E-state index contributed by atoms with van der Waals surface area (Å²) < 4.78 is 23.4. The first-order chi connectivity index (χ1) is 6.58. The SMILES string of the molecule is Cc1ccccc1S(=O)(=O)CCCO. The van der Waals surface area contributed by atoms with Gasteiger partial charge in [0, 0.05) is 6.61 Å². The van der Waals surface area contributed by atoms with Gasteiger partial charge in [0.2, 0.25) is 0 Å². The Morgan fingerprint density at radius 1 is 1.29 bits per heavy atom. The molecule has 4 heteroatoms. The number of aliphatic hydroxyl groups is 1. The molecule has 0 heterocycles. The first kappa shape index (κ1) is 11.2. The smallest absolute Gasteiger partial charge is 0.178 e. The monoisotopic (exact) mass is 214 g/mol. The Balaban J connectivity index is 2.99. The van der Waals surface area contributed by atoms with Gasteiger partial charge in [-0.05, 0) is 25.0 Å². The summed E-state index contributed by atoms with van der Waals surface area (Å²) in [5.41, 5.74) is 0.755. The van der Waals surface area contributed by atoms with Crippen LogP contribution in [0.25, 0.3) is 0 Å². The van der Waals surface area contributed by atoms with E-state index in [2.05, 4.69) is 0 Å². The summed E-state index contributed by atoms with van der Waals surface area (Å²) in [7, 11) is -3.21. The summed E-state index contributed by atoms with van der Waals surface area (Å²) in [6.07, 6.45) is 0.288. The molecular weight excluding hydrogens is 200 g/mol. The molecule has 0 aliphatic carbocycles. The Kier molecular flexibility index (Phi) is 3.66. The van der Waals surface area contributed by atoms with E-state index in [0.29, 0.717) is 4.90 Å². The van der Waals surface area contributed by atoms with Crippen LogP contribution in [0.2, 0.25) is 0 Å². The van der Waals surface area contributed by atoms with Crippen LogP contribution in [0.1, 0.15) is 12.0 Å². The van der Waals surface area contributed by atoms with Crippen LogP contribution in [-0.2, 0) is 9.84 Å². The number of rotatable bonds is 4. The maximum atomic E-state index is 11.7. The minimum atomic E-state index is -3.21. The Labute approximate surface area is 84.3 Å². The van der Waals surface area contributed by atoms with Gasteiger partial charge in [0.05, 0.1) is 10.6 Å². The summed E-state index contributed by atoms with van der Waals surface area (Å²) in [6, 6.07) is 6.88. The number of aryl methyl sites for hydroxylation is 1. The van der Waals surface area contributed by atoms with Gasteiger partial charge in [-0.15, -0.1) is 0 Å². The maximum Gasteiger partial charge on any atom is 0.178 e. The third-order valence-electron chi connectivity index (χ3n) is 2.00. The van der Waals surface area contributed by atoms with Crippen LogP contribution in [0, 0.1) is 6.92 Å². The zero-order chi connectivity index (χ0) is 10.6. The quantitative estimate of drug-likeness (QED) is 0.818. The number of hydrogen-bond acceptors (Lipinski definition) is 3. The zero-order valence-electron chi connectivity index (χ0n) is 8.10.